The highest BCUT2D eigenvalue weighted by atomic mass is 32.2. The molecule has 3 aromatic carbocycles. The Morgan fingerprint density at radius 1 is 0.875 bits per heavy atom. The largest absolute Gasteiger partial charge is 0.354 e. The second kappa shape index (κ2) is 14.4. The number of ketones is 1. The van der Waals surface area contributed by atoms with Crippen molar-refractivity contribution < 1.29 is 22.8 Å². The molecular weight excluding hydrogens is 526 g/mol. The Morgan fingerprint density at radius 2 is 1.50 bits per heavy atom. The average Bonchev–Trinajstić information content (AvgIpc) is 2.94. The number of benzene rings is 3. The van der Waals surface area contributed by atoms with E-state index in [2.05, 4.69) is 5.32 Å². The molecule has 212 valence electrons. The third-order valence-corrected chi connectivity index (χ3v) is 7.66. The Balaban J connectivity index is 2.03. The monoisotopic (exact) mass is 563 g/mol. The van der Waals surface area contributed by atoms with Gasteiger partial charge in [0.05, 0.1) is 11.9 Å². The fraction of sp³-hybridized carbons (Fsp3) is 0.323. The van der Waals surface area contributed by atoms with Gasteiger partial charge in [0.15, 0.2) is 5.78 Å². The number of carbonyl (C=O) groups excluding carboxylic acids is 3. The molecule has 2 amide bonds. The summed E-state index contributed by atoms with van der Waals surface area (Å²) in [6.45, 7) is 3.48. The minimum absolute atomic E-state index is 0.115. The van der Waals surface area contributed by atoms with Crippen molar-refractivity contribution in [3.63, 3.8) is 0 Å². The highest BCUT2D eigenvalue weighted by molar-refractivity contribution is 7.92. The lowest BCUT2D eigenvalue weighted by molar-refractivity contribution is -0.140. The average molecular weight is 564 g/mol. The highest BCUT2D eigenvalue weighted by Gasteiger charge is 2.33. The minimum atomic E-state index is -3.91. The quantitative estimate of drug-likeness (QED) is 0.234. The third kappa shape index (κ3) is 8.77. The van der Waals surface area contributed by atoms with Gasteiger partial charge in [0.2, 0.25) is 21.8 Å². The Bertz CT molecular complexity index is 1390. The second-order valence-electron chi connectivity index (χ2n) is 9.73. The first kappa shape index (κ1) is 30.6. The summed E-state index contributed by atoms with van der Waals surface area (Å²) in [6, 6.07) is 24.0. The number of amides is 2. The molecular formula is C31H37N3O5S. The first-order valence-electron chi connectivity index (χ1n) is 13.3. The zero-order valence-corrected chi connectivity index (χ0v) is 24.1. The van der Waals surface area contributed by atoms with Gasteiger partial charge in [-0.3, -0.25) is 18.7 Å². The number of nitrogens with one attached hydrogen (secondary N) is 1. The first-order chi connectivity index (χ1) is 19.1. The van der Waals surface area contributed by atoms with E-state index in [9.17, 15) is 22.8 Å². The predicted octanol–water partition coefficient (Wildman–Crippen LogP) is 4.21. The van der Waals surface area contributed by atoms with Crippen LogP contribution in [0, 0.1) is 0 Å². The fourth-order valence-electron chi connectivity index (χ4n) is 4.33. The molecule has 8 nitrogen and oxygen atoms in total. The maximum absolute atomic E-state index is 14.0. The molecule has 0 aromatic heterocycles. The van der Waals surface area contributed by atoms with Crippen LogP contribution < -0.4 is 9.62 Å². The summed E-state index contributed by atoms with van der Waals surface area (Å²) < 4.78 is 26.8. The lowest BCUT2D eigenvalue weighted by Gasteiger charge is -2.33. The van der Waals surface area contributed by atoms with Crippen LogP contribution in [0.15, 0.2) is 84.9 Å². The molecule has 0 saturated heterocycles. The number of carbonyl (C=O) groups is 3. The van der Waals surface area contributed by atoms with Gasteiger partial charge in [-0.25, -0.2) is 8.42 Å². The number of sulfonamides is 1. The van der Waals surface area contributed by atoms with E-state index in [1.54, 1.807) is 18.2 Å². The van der Waals surface area contributed by atoms with Gasteiger partial charge in [0.25, 0.3) is 0 Å². The Kier molecular flexibility index (Phi) is 11.0. The summed E-state index contributed by atoms with van der Waals surface area (Å²) in [4.78, 5) is 41.0. The van der Waals surface area contributed by atoms with Crippen LogP contribution >= 0.6 is 0 Å². The van der Waals surface area contributed by atoms with Crippen molar-refractivity contribution in [2.45, 2.75) is 45.7 Å². The third-order valence-electron chi connectivity index (χ3n) is 6.52. The van der Waals surface area contributed by atoms with Crippen LogP contribution in [0.25, 0.3) is 0 Å². The molecule has 0 fully saturated rings. The zero-order valence-electron chi connectivity index (χ0n) is 23.2. The molecule has 0 saturated carbocycles. The standard InChI is InChI=1S/C31H37N3O5S/c1-4-5-19-32-31(37)29(20-25-13-8-6-9-14-25)33(22-26-15-10-7-11-16-26)30(36)23-34(40(3,38)39)28-18-12-17-27(21-28)24(2)35/h6-18,21,29H,4-5,19-20,22-23H2,1-3H3,(H,32,37). The molecule has 1 N–H and O–H groups in total. The van der Waals surface area contributed by atoms with Gasteiger partial charge in [0, 0.05) is 25.1 Å². The SMILES string of the molecule is CCCCNC(=O)C(Cc1ccccc1)N(Cc1ccccc1)C(=O)CN(c1cccc(C(C)=O)c1)S(C)(=O)=O. The van der Waals surface area contributed by atoms with Crippen molar-refractivity contribution in [1.82, 2.24) is 10.2 Å². The molecule has 3 rings (SSSR count). The summed E-state index contributed by atoms with van der Waals surface area (Å²) in [5.41, 5.74) is 2.21. The molecule has 3 aromatic rings. The predicted molar refractivity (Wildman–Crippen MR) is 157 cm³/mol. The molecule has 40 heavy (non-hydrogen) atoms. The van der Waals surface area contributed by atoms with Gasteiger partial charge < -0.3 is 10.2 Å². The van der Waals surface area contributed by atoms with E-state index < -0.39 is 28.5 Å². The molecule has 0 bridgehead atoms. The number of unbranched alkanes of at least 4 members (excludes halogenated alkanes) is 1. The molecule has 9 heteroatoms. The van der Waals surface area contributed by atoms with Gasteiger partial charge in [-0.1, -0.05) is 86.1 Å². The van der Waals surface area contributed by atoms with E-state index >= 15 is 0 Å². The number of hydrogen-bond acceptors (Lipinski definition) is 5. The smallest absolute Gasteiger partial charge is 0.244 e. The number of anilines is 1. The molecule has 0 heterocycles. The van der Waals surface area contributed by atoms with Crippen LogP contribution in [0.5, 0.6) is 0 Å². The van der Waals surface area contributed by atoms with Crippen molar-refractivity contribution in [1.29, 1.82) is 0 Å². The van der Waals surface area contributed by atoms with Crippen LogP contribution in [-0.4, -0.2) is 56.3 Å². The van der Waals surface area contributed by atoms with Crippen LogP contribution in [0.3, 0.4) is 0 Å². The van der Waals surface area contributed by atoms with Gasteiger partial charge in [-0.2, -0.15) is 0 Å². The Hall–Kier alpha value is -3.98. The van der Waals surface area contributed by atoms with Crippen molar-refractivity contribution in [3.05, 3.63) is 102 Å². The molecule has 0 radical (unpaired) electrons. The molecule has 0 aliphatic rings. The summed E-state index contributed by atoms with van der Waals surface area (Å²) in [5.74, 6) is -1.06. The summed E-state index contributed by atoms with van der Waals surface area (Å²) in [5, 5.41) is 2.96. The van der Waals surface area contributed by atoms with Gasteiger partial charge in [0.1, 0.15) is 12.6 Å². The Morgan fingerprint density at radius 3 is 2.08 bits per heavy atom. The topological polar surface area (TPSA) is 104 Å². The maximum atomic E-state index is 14.0. The lowest BCUT2D eigenvalue weighted by atomic mass is 10.0. The fourth-order valence-corrected chi connectivity index (χ4v) is 5.18. The van der Waals surface area contributed by atoms with E-state index in [1.807, 2.05) is 67.6 Å². The molecule has 0 aliphatic carbocycles. The van der Waals surface area contributed by atoms with Crippen molar-refractivity contribution in [3.8, 4) is 0 Å². The minimum Gasteiger partial charge on any atom is -0.354 e. The highest BCUT2D eigenvalue weighted by Crippen LogP contribution is 2.22. The van der Waals surface area contributed by atoms with Crippen LogP contribution in [-0.2, 0) is 32.6 Å². The van der Waals surface area contributed by atoms with E-state index in [-0.39, 0.29) is 30.3 Å². The van der Waals surface area contributed by atoms with Crippen LogP contribution in [0.4, 0.5) is 5.69 Å². The van der Waals surface area contributed by atoms with Gasteiger partial charge >= 0.3 is 0 Å². The molecule has 1 atom stereocenters. The summed E-state index contributed by atoms with van der Waals surface area (Å²) in [6.07, 6.45) is 2.97. The number of rotatable bonds is 14. The maximum Gasteiger partial charge on any atom is 0.244 e. The number of nitrogens with zero attached hydrogens (tertiary/aromatic N) is 2. The van der Waals surface area contributed by atoms with Gasteiger partial charge in [-0.15, -0.1) is 0 Å². The normalized spacial score (nSPS) is 11.9. The number of hydrogen-bond donors (Lipinski definition) is 1. The molecule has 1 unspecified atom stereocenters. The van der Waals surface area contributed by atoms with Crippen molar-refractivity contribution >= 4 is 33.3 Å². The van der Waals surface area contributed by atoms with Crippen LogP contribution in [0.2, 0.25) is 0 Å². The summed E-state index contributed by atoms with van der Waals surface area (Å²) in [7, 11) is -3.91. The zero-order chi connectivity index (χ0) is 29.1. The lowest BCUT2D eigenvalue weighted by Crippen LogP contribution is -2.53. The van der Waals surface area contributed by atoms with E-state index in [0.717, 1.165) is 34.5 Å². The first-order valence-corrected chi connectivity index (χ1v) is 15.2. The van der Waals surface area contributed by atoms with E-state index in [0.29, 0.717) is 12.1 Å². The second-order valence-corrected chi connectivity index (χ2v) is 11.6. The van der Waals surface area contributed by atoms with E-state index in [4.69, 9.17) is 0 Å². The van der Waals surface area contributed by atoms with Crippen LogP contribution in [0.1, 0.15) is 48.2 Å². The van der Waals surface area contributed by atoms with Crippen molar-refractivity contribution in [2.24, 2.45) is 0 Å². The number of Topliss-reactive ketones (excluding diaryl/α,β-unsaturated/α-hetero) is 1. The van der Waals surface area contributed by atoms with Gasteiger partial charge in [-0.05, 0) is 36.6 Å². The van der Waals surface area contributed by atoms with Crippen molar-refractivity contribution in [2.75, 3.05) is 23.7 Å². The molecule has 0 spiro atoms. The summed E-state index contributed by atoms with van der Waals surface area (Å²) >= 11 is 0. The molecule has 0 aliphatic heterocycles. The Labute approximate surface area is 237 Å². The van der Waals surface area contributed by atoms with E-state index in [1.165, 1.54) is 17.9 Å².